The van der Waals surface area contributed by atoms with E-state index in [4.69, 9.17) is 0 Å². The second kappa shape index (κ2) is 13.8. The van der Waals surface area contributed by atoms with E-state index in [1.807, 2.05) is 16.8 Å². The molecule has 0 aromatic heterocycles. The number of anilines is 1. The lowest BCUT2D eigenvalue weighted by molar-refractivity contribution is -0.140. The van der Waals surface area contributed by atoms with Gasteiger partial charge in [-0.15, -0.1) is 24.0 Å². The van der Waals surface area contributed by atoms with Crippen LogP contribution in [0.2, 0.25) is 0 Å². The Labute approximate surface area is 216 Å². The number of nitrogens with zero attached hydrogens (tertiary/aromatic N) is 4. The van der Waals surface area contributed by atoms with Gasteiger partial charge in [-0.2, -0.15) is 0 Å². The lowest BCUT2D eigenvalue weighted by Crippen LogP contribution is -2.50. The van der Waals surface area contributed by atoms with Gasteiger partial charge < -0.3 is 20.0 Å². The number of carbonyl (C=O) groups excluding carboxylic acids is 2. The number of fused-ring (bicyclic) bond motifs is 1. The van der Waals surface area contributed by atoms with E-state index >= 15 is 0 Å². The molecule has 0 unspecified atom stereocenters. The van der Waals surface area contributed by atoms with Crippen molar-refractivity contribution in [2.45, 2.75) is 52.4 Å². The van der Waals surface area contributed by atoms with Gasteiger partial charge in [0.15, 0.2) is 5.96 Å². The van der Waals surface area contributed by atoms with E-state index in [2.05, 4.69) is 53.3 Å². The van der Waals surface area contributed by atoms with Crippen LogP contribution in [0.1, 0.15) is 51.5 Å². The maximum Gasteiger partial charge on any atom is 0.222 e. The molecule has 33 heavy (non-hydrogen) atoms. The van der Waals surface area contributed by atoms with Gasteiger partial charge in [-0.1, -0.05) is 38.5 Å². The number of benzene rings is 1. The number of nitrogens with one attached hydrogen (secondary N) is 1. The topological polar surface area (TPSA) is 68.2 Å². The number of aliphatic imine (C=N–C) groups is 1. The molecule has 2 aliphatic heterocycles. The minimum absolute atomic E-state index is 0. The van der Waals surface area contributed by atoms with E-state index in [1.54, 1.807) is 0 Å². The molecule has 0 saturated carbocycles. The van der Waals surface area contributed by atoms with Crippen LogP contribution < -0.4 is 10.2 Å². The van der Waals surface area contributed by atoms with Gasteiger partial charge in [0.1, 0.15) is 0 Å². The predicted octanol–water partition coefficient (Wildman–Crippen LogP) is 3.52. The van der Waals surface area contributed by atoms with Crippen LogP contribution in [0, 0.1) is 5.92 Å². The van der Waals surface area contributed by atoms with Crippen molar-refractivity contribution in [1.29, 1.82) is 0 Å². The van der Waals surface area contributed by atoms with E-state index in [9.17, 15) is 9.59 Å². The monoisotopic (exact) mass is 569 g/mol. The Morgan fingerprint density at radius 3 is 2.30 bits per heavy atom. The third-order valence-electron chi connectivity index (χ3n) is 6.27. The van der Waals surface area contributed by atoms with Crippen LogP contribution in [-0.4, -0.2) is 73.9 Å². The quantitative estimate of drug-likeness (QED) is 0.225. The second-order valence-corrected chi connectivity index (χ2v) is 9.17. The third kappa shape index (κ3) is 7.86. The van der Waals surface area contributed by atoms with Gasteiger partial charge in [0.25, 0.3) is 0 Å². The van der Waals surface area contributed by atoms with Crippen molar-refractivity contribution >= 4 is 47.4 Å². The van der Waals surface area contributed by atoms with Crippen molar-refractivity contribution in [1.82, 2.24) is 15.1 Å². The van der Waals surface area contributed by atoms with Crippen molar-refractivity contribution in [2.24, 2.45) is 10.9 Å². The summed E-state index contributed by atoms with van der Waals surface area (Å²) < 4.78 is 0. The molecule has 0 radical (unpaired) electrons. The number of guanidine groups is 1. The number of amides is 2. The summed E-state index contributed by atoms with van der Waals surface area (Å²) in [7, 11) is 1.83. The average Bonchev–Trinajstić information content (AvgIpc) is 3.22. The Kier molecular flexibility index (Phi) is 11.4. The first-order chi connectivity index (χ1) is 15.5. The molecule has 0 bridgehead atoms. The number of rotatable bonds is 8. The molecule has 1 N–H and O–H groups in total. The predicted molar refractivity (Wildman–Crippen MR) is 145 cm³/mol. The first-order valence-corrected chi connectivity index (χ1v) is 12.1. The molecule has 184 valence electrons. The van der Waals surface area contributed by atoms with Crippen LogP contribution in [-0.2, 0) is 16.0 Å². The SMILES string of the molecule is CN=C(NCCCCCC(=O)N1CCN(C(=O)CC(C)C)CC1)N1CCc2ccccc21.I. The second-order valence-electron chi connectivity index (χ2n) is 9.17. The molecule has 1 saturated heterocycles. The van der Waals surface area contributed by atoms with E-state index < -0.39 is 0 Å². The van der Waals surface area contributed by atoms with Crippen molar-refractivity contribution in [3.63, 3.8) is 0 Å². The number of hydrogen-bond acceptors (Lipinski definition) is 3. The molecule has 0 spiro atoms. The van der Waals surface area contributed by atoms with Crippen LogP contribution >= 0.6 is 24.0 Å². The molecule has 1 fully saturated rings. The zero-order chi connectivity index (χ0) is 22.9. The van der Waals surface area contributed by atoms with Crippen LogP contribution in [0.4, 0.5) is 5.69 Å². The zero-order valence-corrected chi connectivity index (χ0v) is 22.7. The summed E-state index contributed by atoms with van der Waals surface area (Å²) >= 11 is 0. The maximum absolute atomic E-state index is 12.5. The van der Waals surface area contributed by atoms with Crippen molar-refractivity contribution in [3.8, 4) is 0 Å². The highest BCUT2D eigenvalue weighted by molar-refractivity contribution is 14.0. The molecule has 1 aromatic rings. The Bertz CT molecular complexity index is 806. The Morgan fingerprint density at radius 2 is 1.64 bits per heavy atom. The largest absolute Gasteiger partial charge is 0.356 e. The van der Waals surface area contributed by atoms with E-state index in [1.165, 1.54) is 11.3 Å². The lowest BCUT2D eigenvalue weighted by atomic mass is 10.1. The van der Waals surface area contributed by atoms with Gasteiger partial charge >= 0.3 is 0 Å². The fourth-order valence-corrected chi connectivity index (χ4v) is 4.47. The molecular weight excluding hydrogens is 529 g/mol. The molecular formula is C25H40IN5O2. The fourth-order valence-electron chi connectivity index (χ4n) is 4.47. The summed E-state index contributed by atoms with van der Waals surface area (Å²) in [6.45, 7) is 8.61. The number of hydrogen-bond donors (Lipinski definition) is 1. The highest BCUT2D eigenvalue weighted by Crippen LogP contribution is 2.27. The van der Waals surface area contributed by atoms with Gasteiger partial charge in [0.05, 0.1) is 0 Å². The molecule has 3 rings (SSSR count). The number of piperazine rings is 1. The molecule has 2 amide bonds. The van der Waals surface area contributed by atoms with Crippen LogP contribution in [0.25, 0.3) is 0 Å². The van der Waals surface area contributed by atoms with Crippen molar-refractivity contribution in [3.05, 3.63) is 29.8 Å². The van der Waals surface area contributed by atoms with Crippen LogP contribution in [0.5, 0.6) is 0 Å². The molecule has 2 heterocycles. The third-order valence-corrected chi connectivity index (χ3v) is 6.27. The van der Waals surface area contributed by atoms with Gasteiger partial charge in [0, 0.05) is 64.8 Å². The van der Waals surface area contributed by atoms with Crippen LogP contribution in [0.3, 0.4) is 0 Å². The molecule has 1 aromatic carbocycles. The highest BCUT2D eigenvalue weighted by Gasteiger charge is 2.24. The van der Waals surface area contributed by atoms with Crippen molar-refractivity contribution < 1.29 is 9.59 Å². The first-order valence-electron chi connectivity index (χ1n) is 12.1. The van der Waals surface area contributed by atoms with Crippen LogP contribution in [0.15, 0.2) is 29.3 Å². The maximum atomic E-state index is 12.5. The van der Waals surface area contributed by atoms with E-state index in [0.717, 1.165) is 44.7 Å². The summed E-state index contributed by atoms with van der Waals surface area (Å²) in [5.74, 6) is 1.74. The highest BCUT2D eigenvalue weighted by atomic mass is 127. The summed E-state index contributed by atoms with van der Waals surface area (Å²) in [5.41, 5.74) is 2.62. The average molecular weight is 570 g/mol. The van der Waals surface area contributed by atoms with Gasteiger partial charge in [0.2, 0.25) is 11.8 Å². The molecule has 2 aliphatic rings. The van der Waals surface area contributed by atoms with E-state index in [0.29, 0.717) is 44.9 Å². The summed E-state index contributed by atoms with van der Waals surface area (Å²) in [6, 6.07) is 8.50. The standard InChI is InChI=1S/C25H39N5O2.HI/c1-20(2)19-24(32)29-17-15-28(16-18-29)23(31)11-5-4-8-13-27-25(26-3)30-14-12-21-9-6-7-10-22(21)30;/h6-7,9-10,20H,4-5,8,11-19H2,1-3H3,(H,26,27);1H. The van der Waals surface area contributed by atoms with Gasteiger partial charge in [-0.05, 0) is 36.8 Å². The minimum Gasteiger partial charge on any atom is -0.356 e. The number of carbonyl (C=O) groups is 2. The Balaban J connectivity index is 0.00000385. The molecule has 7 nitrogen and oxygen atoms in total. The number of unbranched alkanes of at least 4 members (excludes halogenated alkanes) is 2. The molecule has 0 aliphatic carbocycles. The van der Waals surface area contributed by atoms with Gasteiger partial charge in [-0.3, -0.25) is 14.6 Å². The minimum atomic E-state index is 0. The molecule has 0 atom stereocenters. The summed E-state index contributed by atoms with van der Waals surface area (Å²) in [6.07, 6.45) is 5.17. The van der Waals surface area contributed by atoms with Crippen molar-refractivity contribution in [2.75, 3.05) is 51.2 Å². The fraction of sp³-hybridized carbons (Fsp3) is 0.640. The lowest BCUT2D eigenvalue weighted by Gasteiger charge is -2.35. The zero-order valence-electron chi connectivity index (χ0n) is 20.4. The summed E-state index contributed by atoms with van der Waals surface area (Å²) in [4.78, 5) is 35.2. The summed E-state index contributed by atoms with van der Waals surface area (Å²) in [5, 5.41) is 3.48. The normalized spacial score (nSPS) is 16.0. The Morgan fingerprint density at radius 1 is 0.970 bits per heavy atom. The smallest absolute Gasteiger partial charge is 0.222 e. The van der Waals surface area contributed by atoms with Gasteiger partial charge in [-0.25, -0.2) is 0 Å². The Hall–Kier alpha value is -1.84. The first kappa shape index (κ1) is 27.4. The molecule has 8 heteroatoms. The number of para-hydroxylation sites is 1. The number of halogens is 1. The van der Waals surface area contributed by atoms with E-state index in [-0.39, 0.29) is 35.8 Å².